The van der Waals surface area contributed by atoms with Gasteiger partial charge < -0.3 is 15.8 Å². The van der Waals surface area contributed by atoms with Crippen molar-refractivity contribution < 1.29 is 9.53 Å². The van der Waals surface area contributed by atoms with Crippen LogP contribution in [0, 0.1) is 5.92 Å². The van der Waals surface area contributed by atoms with Gasteiger partial charge in [-0.3, -0.25) is 4.79 Å². The van der Waals surface area contributed by atoms with Crippen LogP contribution in [0.15, 0.2) is 0 Å². The molecule has 0 spiro atoms. The molecule has 2 unspecified atom stereocenters. The fourth-order valence-corrected chi connectivity index (χ4v) is 3.42. The van der Waals surface area contributed by atoms with Crippen LogP contribution in [0.5, 0.6) is 0 Å². The van der Waals surface area contributed by atoms with Crippen LogP contribution < -0.4 is 11.1 Å². The molecule has 0 aromatic heterocycles. The molecule has 0 aliphatic heterocycles. The lowest BCUT2D eigenvalue weighted by atomic mass is 9.85. The Labute approximate surface area is 135 Å². The summed E-state index contributed by atoms with van der Waals surface area (Å²) >= 11 is 0. The quantitative estimate of drug-likeness (QED) is 0.605. The third kappa shape index (κ3) is 6.98. The Hall–Kier alpha value is -0.320. The summed E-state index contributed by atoms with van der Waals surface area (Å²) in [5.41, 5.74) is 5.93. The number of amides is 1. The largest absolute Gasteiger partial charge is 0.376 e. The number of hydrogen-bond donors (Lipinski definition) is 2. The van der Waals surface area contributed by atoms with E-state index >= 15 is 0 Å². The van der Waals surface area contributed by atoms with Crippen molar-refractivity contribution in [3.05, 3.63) is 0 Å². The van der Waals surface area contributed by atoms with Gasteiger partial charge in [0, 0.05) is 18.5 Å². The zero-order chi connectivity index (χ0) is 14.2. The molecule has 2 saturated carbocycles. The van der Waals surface area contributed by atoms with Crippen LogP contribution in [-0.2, 0) is 9.53 Å². The summed E-state index contributed by atoms with van der Waals surface area (Å²) in [6.07, 6.45) is 12.0. The molecule has 0 bridgehead atoms. The molecule has 21 heavy (non-hydrogen) atoms. The number of carbonyl (C=O) groups is 1. The van der Waals surface area contributed by atoms with Crippen molar-refractivity contribution in [3.8, 4) is 0 Å². The van der Waals surface area contributed by atoms with E-state index in [0.717, 1.165) is 25.7 Å². The van der Waals surface area contributed by atoms with Gasteiger partial charge in [0.2, 0.25) is 5.91 Å². The van der Waals surface area contributed by atoms with Crippen molar-refractivity contribution >= 4 is 18.3 Å². The standard InChI is InChI=1S/C16H30N2O2.ClH/c17-14-7-5-6-13(12-14)16(19)18-10-11-20-15-8-3-1-2-4-9-15;/h13-15H,1-12,17H2,(H,18,19);1H. The van der Waals surface area contributed by atoms with Gasteiger partial charge in [0.25, 0.3) is 0 Å². The monoisotopic (exact) mass is 318 g/mol. The molecular formula is C16H31ClN2O2. The van der Waals surface area contributed by atoms with E-state index in [9.17, 15) is 4.79 Å². The first-order valence-electron chi connectivity index (χ1n) is 8.40. The van der Waals surface area contributed by atoms with Gasteiger partial charge in [-0.1, -0.05) is 32.1 Å². The van der Waals surface area contributed by atoms with Gasteiger partial charge in [0.05, 0.1) is 12.7 Å². The fraction of sp³-hybridized carbons (Fsp3) is 0.938. The average Bonchev–Trinajstić information content (AvgIpc) is 2.72. The second-order valence-corrected chi connectivity index (χ2v) is 6.40. The summed E-state index contributed by atoms with van der Waals surface area (Å²) in [6, 6.07) is 0.210. The Morgan fingerprint density at radius 1 is 1.05 bits per heavy atom. The van der Waals surface area contributed by atoms with Gasteiger partial charge in [-0.2, -0.15) is 0 Å². The van der Waals surface area contributed by atoms with Crippen molar-refractivity contribution in [3.63, 3.8) is 0 Å². The smallest absolute Gasteiger partial charge is 0.223 e. The molecule has 2 aliphatic carbocycles. The molecule has 3 N–H and O–H groups in total. The first-order chi connectivity index (χ1) is 9.75. The topological polar surface area (TPSA) is 64.4 Å². The Morgan fingerprint density at radius 2 is 1.76 bits per heavy atom. The molecular weight excluding hydrogens is 288 g/mol. The molecule has 2 fully saturated rings. The predicted molar refractivity (Wildman–Crippen MR) is 87.6 cm³/mol. The Balaban J connectivity index is 0.00000220. The van der Waals surface area contributed by atoms with E-state index in [2.05, 4.69) is 5.32 Å². The van der Waals surface area contributed by atoms with Crippen LogP contribution in [-0.4, -0.2) is 31.2 Å². The first-order valence-corrected chi connectivity index (χ1v) is 8.40. The van der Waals surface area contributed by atoms with Gasteiger partial charge in [0.15, 0.2) is 0 Å². The number of carbonyl (C=O) groups excluding carboxylic acids is 1. The summed E-state index contributed by atoms with van der Waals surface area (Å²) in [6.45, 7) is 1.29. The third-order valence-electron chi connectivity index (χ3n) is 4.64. The number of ether oxygens (including phenoxy) is 1. The average molecular weight is 319 g/mol. The summed E-state index contributed by atoms with van der Waals surface area (Å²) < 4.78 is 5.88. The molecule has 2 aliphatic rings. The fourth-order valence-electron chi connectivity index (χ4n) is 3.42. The van der Waals surface area contributed by atoms with Crippen LogP contribution in [0.4, 0.5) is 0 Å². The zero-order valence-electron chi connectivity index (χ0n) is 13.0. The number of nitrogens with two attached hydrogens (primary N) is 1. The molecule has 4 nitrogen and oxygen atoms in total. The molecule has 0 radical (unpaired) electrons. The van der Waals surface area contributed by atoms with Crippen LogP contribution in [0.2, 0.25) is 0 Å². The van der Waals surface area contributed by atoms with E-state index in [1.54, 1.807) is 0 Å². The Kier molecular flexibility index (Phi) is 9.29. The summed E-state index contributed by atoms with van der Waals surface area (Å²) in [5, 5.41) is 3.01. The van der Waals surface area contributed by atoms with Crippen LogP contribution in [0.3, 0.4) is 0 Å². The van der Waals surface area contributed by atoms with Crippen molar-refractivity contribution in [2.75, 3.05) is 13.2 Å². The lowest BCUT2D eigenvalue weighted by Crippen LogP contribution is -2.39. The minimum absolute atomic E-state index is 0. The van der Waals surface area contributed by atoms with Gasteiger partial charge in [-0.15, -0.1) is 12.4 Å². The van der Waals surface area contributed by atoms with Gasteiger partial charge in [-0.25, -0.2) is 0 Å². The molecule has 2 atom stereocenters. The molecule has 0 saturated heterocycles. The highest BCUT2D eigenvalue weighted by Crippen LogP contribution is 2.23. The number of rotatable bonds is 5. The van der Waals surface area contributed by atoms with Crippen molar-refractivity contribution in [1.29, 1.82) is 0 Å². The SMILES string of the molecule is Cl.NC1CCCC(C(=O)NCCOC2CCCCCC2)C1. The van der Waals surface area contributed by atoms with Crippen LogP contribution >= 0.6 is 12.4 Å². The molecule has 0 aromatic rings. The van der Waals surface area contributed by atoms with Crippen molar-refractivity contribution in [2.24, 2.45) is 11.7 Å². The number of halogens is 1. The van der Waals surface area contributed by atoms with Gasteiger partial charge in [0.1, 0.15) is 0 Å². The summed E-state index contributed by atoms with van der Waals surface area (Å²) in [7, 11) is 0. The predicted octanol–water partition coefficient (Wildman–Crippen LogP) is 2.78. The number of nitrogens with one attached hydrogen (secondary N) is 1. The van der Waals surface area contributed by atoms with E-state index in [0.29, 0.717) is 19.3 Å². The van der Waals surface area contributed by atoms with E-state index in [1.165, 1.54) is 38.5 Å². The lowest BCUT2D eigenvalue weighted by molar-refractivity contribution is -0.126. The zero-order valence-corrected chi connectivity index (χ0v) is 13.8. The molecule has 0 aromatic carbocycles. The highest BCUT2D eigenvalue weighted by molar-refractivity contribution is 5.85. The second kappa shape index (κ2) is 10.4. The lowest BCUT2D eigenvalue weighted by Gasteiger charge is -2.25. The third-order valence-corrected chi connectivity index (χ3v) is 4.64. The molecule has 1 amide bonds. The Bertz CT molecular complexity index is 294. The first kappa shape index (κ1) is 18.7. The maximum absolute atomic E-state index is 12.0. The maximum Gasteiger partial charge on any atom is 0.223 e. The number of hydrogen-bond acceptors (Lipinski definition) is 3. The van der Waals surface area contributed by atoms with E-state index in [4.69, 9.17) is 10.5 Å². The second-order valence-electron chi connectivity index (χ2n) is 6.40. The Morgan fingerprint density at radius 3 is 2.43 bits per heavy atom. The highest BCUT2D eigenvalue weighted by Gasteiger charge is 2.24. The van der Waals surface area contributed by atoms with Gasteiger partial charge >= 0.3 is 0 Å². The van der Waals surface area contributed by atoms with E-state index in [-0.39, 0.29) is 30.3 Å². The molecule has 124 valence electrons. The minimum Gasteiger partial charge on any atom is -0.376 e. The normalized spacial score (nSPS) is 27.5. The van der Waals surface area contributed by atoms with Crippen molar-refractivity contribution in [1.82, 2.24) is 5.32 Å². The molecule has 2 rings (SSSR count). The van der Waals surface area contributed by atoms with Gasteiger partial charge in [-0.05, 0) is 32.1 Å². The van der Waals surface area contributed by atoms with Crippen molar-refractivity contribution in [2.45, 2.75) is 76.4 Å². The minimum atomic E-state index is 0. The van der Waals surface area contributed by atoms with Crippen LogP contribution in [0.25, 0.3) is 0 Å². The van der Waals surface area contributed by atoms with E-state index < -0.39 is 0 Å². The molecule has 0 heterocycles. The maximum atomic E-state index is 12.0. The summed E-state index contributed by atoms with van der Waals surface area (Å²) in [5.74, 6) is 0.293. The van der Waals surface area contributed by atoms with E-state index in [1.807, 2.05) is 0 Å². The molecule has 5 heteroatoms. The highest BCUT2D eigenvalue weighted by atomic mass is 35.5. The van der Waals surface area contributed by atoms with Crippen LogP contribution in [0.1, 0.15) is 64.2 Å². The summed E-state index contributed by atoms with van der Waals surface area (Å²) in [4.78, 5) is 12.0.